The Morgan fingerprint density at radius 3 is 2.85 bits per heavy atom. The van der Waals surface area contributed by atoms with E-state index in [1.54, 1.807) is 6.07 Å². The summed E-state index contributed by atoms with van der Waals surface area (Å²) in [6.07, 6.45) is 2.29. The molecule has 1 fully saturated rings. The van der Waals surface area contributed by atoms with Crippen LogP contribution in [-0.4, -0.2) is 17.5 Å². The zero-order chi connectivity index (χ0) is 14.2. The fourth-order valence-electron chi connectivity index (χ4n) is 2.48. The maximum absolute atomic E-state index is 13.1. The van der Waals surface area contributed by atoms with E-state index in [1.165, 1.54) is 6.39 Å². The molecular formula is C14H14BrF2NO2. The predicted molar refractivity (Wildman–Crippen MR) is 74.1 cm³/mol. The Hall–Kier alpha value is -1.17. The number of benzene rings is 1. The van der Waals surface area contributed by atoms with Crippen molar-refractivity contribution in [3.05, 3.63) is 23.0 Å². The van der Waals surface area contributed by atoms with Crippen LogP contribution in [0.4, 0.5) is 8.78 Å². The number of nitrogens with zero attached hydrogens (tertiary/aromatic N) is 1. The highest BCUT2D eigenvalue weighted by Crippen LogP contribution is 2.37. The predicted octanol–water partition coefficient (Wildman–Crippen LogP) is 4.79. The number of oxazole rings is 1. The van der Waals surface area contributed by atoms with Gasteiger partial charge in [0.05, 0.1) is 6.61 Å². The second kappa shape index (κ2) is 5.31. The van der Waals surface area contributed by atoms with Crippen molar-refractivity contribution in [2.45, 2.75) is 31.6 Å². The van der Waals surface area contributed by atoms with Crippen LogP contribution in [-0.2, 0) is 0 Å². The summed E-state index contributed by atoms with van der Waals surface area (Å²) < 4.78 is 38.1. The molecule has 0 atom stereocenters. The van der Waals surface area contributed by atoms with Gasteiger partial charge in [0, 0.05) is 17.3 Å². The highest BCUT2D eigenvalue weighted by Gasteiger charge is 2.35. The molecular weight excluding hydrogens is 332 g/mol. The summed E-state index contributed by atoms with van der Waals surface area (Å²) in [7, 11) is 0. The molecule has 0 radical (unpaired) electrons. The lowest BCUT2D eigenvalue weighted by Gasteiger charge is -2.28. The normalized spacial score (nSPS) is 19.4. The summed E-state index contributed by atoms with van der Waals surface area (Å²) in [4.78, 5) is 4.10. The molecule has 1 saturated carbocycles. The van der Waals surface area contributed by atoms with Crippen molar-refractivity contribution in [3.8, 4) is 5.75 Å². The molecule has 20 heavy (non-hydrogen) atoms. The minimum absolute atomic E-state index is 0.0426. The molecule has 3 nitrogen and oxygen atoms in total. The van der Waals surface area contributed by atoms with Gasteiger partial charge in [0.2, 0.25) is 5.92 Å². The highest BCUT2D eigenvalue weighted by atomic mass is 79.9. The lowest BCUT2D eigenvalue weighted by Crippen LogP contribution is -2.27. The van der Waals surface area contributed by atoms with Crippen molar-refractivity contribution < 1.29 is 17.9 Å². The van der Waals surface area contributed by atoms with Crippen LogP contribution in [0.5, 0.6) is 5.75 Å². The zero-order valence-corrected chi connectivity index (χ0v) is 12.3. The number of rotatable bonds is 3. The third-order valence-corrected chi connectivity index (χ3v) is 4.35. The number of alkyl halides is 2. The first-order valence-corrected chi connectivity index (χ1v) is 7.37. The number of fused-ring (bicyclic) bond motifs is 1. The largest absolute Gasteiger partial charge is 0.489 e. The molecule has 1 heterocycles. The van der Waals surface area contributed by atoms with Crippen LogP contribution >= 0.6 is 15.9 Å². The molecule has 0 saturated heterocycles. The topological polar surface area (TPSA) is 35.3 Å². The van der Waals surface area contributed by atoms with E-state index < -0.39 is 5.92 Å². The van der Waals surface area contributed by atoms with E-state index in [4.69, 9.17) is 9.15 Å². The standard InChI is InChI=1S/C14H14BrF2NO2/c15-10-1-2-11(13-12(10)18-8-20-13)19-7-9-3-5-14(16,17)6-4-9/h1-2,8-9H,3-7H2. The summed E-state index contributed by atoms with van der Waals surface area (Å²) in [5, 5.41) is 0. The first-order valence-electron chi connectivity index (χ1n) is 6.57. The van der Waals surface area contributed by atoms with Crippen LogP contribution in [0.25, 0.3) is 11.1 Å². The van der Waals surface area contributed by atoms with Gasteiger partial charge < -0.3 is 9.15 Å². The number of hydrogen-bond donors (Lipinski definition) is 0. The third-order valence-electron chi connectivity index (χ3n) is 3.71. The maximum Gasteiger partial charge on any atom is 0.248 e. The Balaban J connectivity index is 1.66. The minimum Gasteiger partial charge on any atom is -0.489 e. The van der Waals surface area contributed by atoms with E-state index in [0.29, 0.717) is 36.3 Å². The molecule has 0 bridgehead atoms. The van der Waals surface area contributed by atoms with E-state index in [9.17, 15) is 8.78 Å². The van der Waals surface area contributed by atoms with Crippen molar-refractivity contribution in [2.75, 3.05) is 6.61 Å². The molecule has 2 aromatic rings. The van der Waals surface area contributed by atoms with E-state index in [1.807, 2.05) is 6.07 Å². The summed E-state index contributed by atoms with van der Waals surface area (Å²) >= 11 is 3.39. The fourth-order valence-corrected chi connectivity index (χ4v) is 2.90. The Morgan fingerprint density at radius 2 is 2.10 bits per heavy atom. The zero-order valence-electron chi connectivity index (χ0n) is 10.7. The quantitative estimate of drug-likeness (QED) is 0.801. The van der Waals surface area contributed by atoms with Crippen molar-refractivity contribution in [1.82, 2.24) is 4.98 Å². The van der Waals surface area contributed by atoms with Crippen LogP contribution < -0.4 is 4.74 Å². The molecule has 108 valence electrons. The molecule has 0 spiro atoms. The molecule has 0 aliphatic heterocycles. The first-order chi connectivity index (χ1) is 9.55. The Labute approximate surface area is 123 Å². The number of aromatic nitrogens is 1. The Morgan fingerprint density at radius 1 is 1.35 bits per heavy atom. The van der Waals surface area contributed by atoms with Gasteiger partial charge in [-0.2, -0.15) is 0 Å². The molecule has 0 amide bonds. The van der Waals surface area contributed by atoms with E-state index in [0.717, 1.165) is 4.47 Å². The summed E-state index contributed by atoms with van der Waals surface area (Å²) in [5.41, 5.74) is 1.29. The minimum atomic E-state index is -2.49. The van der Waals surface area contributed by atoms with Gasteiger partial charge in [-0.25, -0.2) is 13.8 Å². The van der Waals surface area contributed by atoms with E-state index >= 15 is 0 Å². The van der Waals surface area contributed by atoms with Gasteiger partial charge in [0.1, 0.15) is 5.52 Å². The van der Waals surface area contributed by atoms with Crippen LogP contribution in [0, 0.1) is 5.92 Å². The average molecular weight is 346 g/mol. The van der Waals surface area contributed by atoms with Gasteiger partial charge in [-0.05, 0) is 46.8 Å². The van der Waals surface area contributed by atoms with E-state index in [-0.39, 0.29) is 18.8 Å². The van der Waals surface area contributed by atoms with Gasteiger partial charge in [-0.15, -0.1) is 0 Å². The monoisotopic (exact) mass is 345 g/mol. The first kappa shape index (κ1) is 13.8. The lowest BCUT2D eigenvalue weighted by atomic mass is 9.87. The average Bonchev–Trinajstić information content (AvgIpc) is 2.90. The van der Waals surface area contributed by atoms with Crippen molar-refractivity contribution >= 4 is 27.0 Å². The number of halogens is 3. The Kier molecular flexibility index (Phi) is 3.67. The molecule has 6 heteroatoms. The van der Waals surface area contributed by atoms with Crippen LogP contribution in [0.2, 0.25) is 0 Å². The van der Waals surface area contributed by atoms with Crippen LogP contribution in [0.15, 0.2) is 27.4 Å². The summed E-state index contributed by atoms with van der Waals surface area (Å²) in [6, 6.07) is 3.64. The second-order valence-corrected chi connectivity index (χ2v) is 6.04. The number of hydrogen-bond acceptors (Lipinski definition) is 3. The van der Waals surface area contributed by atoms with Gasteiger partial charge in [0.15, 0.2) is 17.7 Å². The molecule has 1 aromatic heterocycles. The van der Waals surface area contributed by atoms with Gasteiger partial charge in [-0.1, -0.05) is 0 Å². The highest BCUT2D eigenvalue weighted by molar-refractivity contribution is 9.10. The smallest absolute Gasteiger partial charge is 0.248 e. The Bertz CT molecular complexity index is 604. The van der Waals surface area contributed by atoms with Gasteiger partial charge in [-0.3, -0.25) is 0 Å². The maximum atomic E-state index is 13.1. The summed E-state index contributed by atoms with van der Waals surface area (Å²) in [5.74, 6) is -1.71. The molecule has 1 aliphatic rings. The molecule has 0 unspecified atom stereocenters. The summed E-state index contributed by atoms with van der Waals surface area (Å²) in [6.45, 7) is 0.438. The lowest BCUT2D eigenvalue weighted by molar-refractivity contribution is -0.0498. The van der Waals surface area contributed by atoms with Crippen LogP contribution in [0.1, 0.15) is 25.7 Å². The second-order valence-electron chi connectivity index (χ2n) is 5.19. The van der Waals surface area contributed by atoms with Crippen molar-refractivity contribution in [2.24, 2.45) is 5.92 Å². The molecule has 3 rings (SSSR count). The van der Waals surface area contributed by atoms with Crippen molar-refractivity contribution in [1.29, 1.82) is 0 Å². The molecule has 1 aromatic carbocycles. The van der Waals surface area contributed by atoms with Crippen LogP contribution in [0.3, 0.4) is 0 Å². The number of ether oxygens (including phenoxy) is 1. The van der Waals surface area contributed by atoms with Crippen molar-refractivity contribution in [3.63, 3.8) is 0 Å². The van der Waals surface area contributed by atoms with Gasteiger partial charge >= 0.3 is 0 Å². The van der Waals surface area contributed by atoms with Gasteiger partial charge in [0.25, 0.3) is 0 Å². The molecule has 1 aliphatic carbocycles. The SMILES string of the molecule is FC1(F)CCC(COc2ccc(Br)c3ncoc23)CC1. The van der Waals surface area contributed by atoms with E-state index in [2.05, 4.69) is 20.9 Å². The molecule has 0 N–H and O–H groups in total. The fraction of sp³-hybridized carbons (Fsp3) is 0.500. The third kappa shape index (κ3) is 2.80.